The van der Waals surface area contributed by atoms with Crippen molar-refractivity contribution in [3.63, 3.8) is 0 Å². The number of hydrogen-bond donors (Lipinski definition) is 0. The van der Waals surface area contributed by atoms with E-state index in [4.69, 9.17) is 25.8 Å². The highest BCUT2D eigenvalue weighted by Crippen LogP contribution is 2.37. The van der Waals surface area contributed by atoms with Gasteiger partial charge in [0.25, 0.3) is 5.91 Å². The Labute approximate surface area is 169 Å². The summed E-state index contributed by atoms with van der Waals surface area (Å²) < 4.78 is 16.1. The van der Waals surface area contributed by atoms with Crippen molar-refractivity contribution in [2.75, 3.05) is 38.4 Å². The van der Waals surface area contributed by atoms with Crippen molar-refractivity contribution >= 4 is 35.2 Å². The number of nitrogens with zero attached hydrogens (tertiary/aromatic N) is 1. The molecule has 2 rings (SSSR count). The van der Waals surface area contributed by atoms with Crippen molar-refractivity contribution < 1.29 is 23.8 Å². The third kappa shape index (κ3) is 5.69. The zero-order valence-electron chi connectivity index (χ0n) is 16.0. The standard InChI is InChI=1S/C19H26ClNO5S/c1-4-7-26-18-15(20)9-13(10-16(18)25-5-2)19(23)21-6-8-27-12-14(21)11-17(22)24-3/h9-10,14H,4-8,11-12H2,1-3H3. The van der Waals surface area contributed by atoms with E-state index in [2.05, 4.69) is 0 Å². The molecule has 0 aromatic heterocycles. The van der Waals surface area contributed by atoms with E-state index in [1.54, 1.807) is 28.8 Å². The summed E-state index contributed by atoms with van der Waals surface area (Å²) in [5.41, 5.74) is 0.425. The second kappa shape index (κ2) is 10.7. The van der Waals surface area contributed by atoms with Gasteiger partial charge in [0.2, 0.25) is 0 Å². The number of thioether (sulfide) groups is 1. The number of methoxy groups -OCH3 is 1. The van der Waals surface area contributed by atoms with Crippen molar-refractivity contribution in [3.8, 4) is 11.5 Å². The van der Waals surface area contributed by atoms with E-state index in [0.29, 0.717) is 47.6 Å². The molecule has 1 aliphatic rings. The number of halogens is 1. The molecule has 1 amide bonds. The van der Waals surface area contributed by atoms with Gasteiger partial charge in [-0.15, -0.1) is 0 Å². The van der Waals surface area contributed by atoms with Gasteiger partial charge in [-0.2, -0.15) is 11.8 Å². The maximum absolute atomic E-state index is 13.1. The van der Waals surface area contributed by atoms with Gasteiger partial charge < -0.3 is 19.1 Å². The van der Waals surface area contributed by atoms with Gasteiger partial charge >= 0.3 is 5.97 Å². The molecule has 0 radical (unpaired) electrons. The molecule has 0 aliphatic carbocycles. The molecule has 1 aromatic carbocycles. The van der Waals surface area contributed by atoms with Crippen LogP contribution in [-0.2, 0) is 9.53 Å². The van der Waals surface area contributed by atoms with Gasteiger partial charge in [-0.25, -0.2) is 0 Å². The summed E-state index contributed by atoms with van der Waals surface area (Å²) in [4.78, 5) is 26.5. The van der Waals surface area contributed by atoms with Crippen LogP contribution in [0.25, 0.3) is 0 Å². The van der Waals surface area contributed by atoms with Crippen LogP contribution in [0.1, 0.15) is 37.0 Å². The van der Waals surface area contributed by atoms with Gasteiger partial charge in [0.05, 0.1) is 37.8 Å². The highest BCUT2D eigenvalue weighted by Gasteiger charge is 2.30. The van der Waals surface area contributed by atoms with E-state index < -0.39 is 0 Å². The Morgan fingerprint density at radius 3 is 2.74 bits per heavy atom. The summed E-state index contributed by atoms with van der Waals surface area (Å²) in [6.45, 7) is 5.38. The Bertz CT molecular complexity index is 670. The number of carbonyl (C=O) groups excluding carboxylic acids is 2. The molecule has 27 heavy (non-hydrogen) atoms. The number of rotatable bonds is 8. The fourth-order valence-electron chi connectivity index (χ4n) is 2.83. The minimum absolute atomic E-state index is 0.172. The number of carbonyl (C=O) groups is 2. The van der Waals surface area contributed by atoms with Crippen LogP contribution in [0.15, 0.2) is 12.1 Å². The van der Waals surface area contributed by atoms with E-state index >= 15 is 0 Å². The predicted octanol–water partition coefficient (Wildman–Crippen LogP) is 3.65. The second-order valence-electron chi connectivity index (χ2n) is 6.07. The lowest BCUT2D eigenvalue weighted by Crippen LogP contribution is -2.47. The molecule has 0 saturated carbocycles. The van der Waals surface area contributed by atoms with E-state index in [9.17, 15) is 9.59 Å². The molecule has 150 valence electrons. The smallest absolute Gasteiger partial charge is 0.307 e. The zero-order valence-corrected chi connectivity index (χ0v) is 17.5. The van der Waals surface area contributed by atoms with Crippen molar-refractivity contribution in [1.82, 2.24) is 4.90 Å². The first-order chi connectivity index (χ1) is 13.0. The molecule has 1 saturated heterocycles. The lowest BCUT2D eigenvalue weighted by atomic mass is 10.1. The molecule has 0 spiro atoms. The fourth-order valence-corrected chi connectivity index (χ4v) is 4.16. The minimum atomic E-state index is -0.323. The summed E-state index contributed by atoms with van der Waals surface area (Å²) >= 11 is 8.10. The van der Waals surface area contributed by atoms with Gasteiger partial charge in [-0.1, -0.05) is 18.5 Å². The molecule has 1 fully saturated rings. The maximum atomic E-state index is 13.1. The van der Waals surface area contributed by atoms with Crippen LogP contribution < -0.4 is 9.47 Å². The number of hydrogen-bond acceptors (Lipinski definition) is 6. The zero-order chi connectivity index (χ0) is 19.8. The quantitative estimate of drug-likeness (QED) is 0.604. The first kappa shape index (κ1) is 21.7. The van der Waals surface area contributed by atoms with Gasteiger partial charge in [-0.3, -0.25) is 9.59 Å². The Balaban J connectivity index is 2.28. The Kier molecular flexibility index (Phi) is 8.57. The molecule has 1 unspecified atom stereocenters. The second-order valence-corrected chi connectivity index (χ2v) is 7.63. The predicted molar refractivity (Wildman–Crippen MR) is 107 cm³/mol. The summed E-state index contributed by atoms with van der Waals surface area (Å²) in [6, 6.07) is 3.07. The largest absolute Gasteiger partial charge is 0.490 e. The minimum Gasteiger partial charge on any atom is -0.490 e. The normalized spacial score (nSPS) is 16.7. The van der Waals surface area contributed by atoms with Crippen molar-refractivity contribution in [2.45, 2.75) is 32.7 Å². The summed E-state index contributed by atoms with van der Waals surface area (Å²) in [6.07, 6.45) is 1.02. The molecule has 8 heteroatoms. The van der Waals surface area contributed by atoms with Crippen LogP contribution in [0.5, 0.6) is 11.5 Å². The summed E-state index contributed by atoms with van der Waals surface area (Å²) in [5, 5.41) is 0.341. The first-order valence-corrected chi connectivity index (χ1v) is 10.6. The summed E-state index contributed by atoms with van der Waals surface area (Å²) in [7, 11) is 1.35. The van der Waals surface area contributed by atoms with Gasteiger partial charge in [0, 0.05) is 23.6 Å². The maximum Gasteiger partial charge on any atom is 0.307 e. The topological polar surface area (TPSA) is 65.1 Å². The van der Waals surface area contributed by atoms with Crippen molar-refractivity contribution in [1.29, 1.82) is 0 Å². The van der Waals surface area contributed by atoms with Crippen molar-refractivity contribution in [3.05, 3.63) is 22.7 Å². The van der Waals surface area contributed by atoms with Crippen LogP contribution in [0.2, 0.25) is 5.02 Å². The van der Waals surface area contributed by atoms with Gasteiger partial charge in [0.15, 0.2) is 11.5 Å². The van der Waals surface area contributed by atoms with E-state index in [-0.39, 0.29) is 24.3 Å². The van der Waals surface area contributed by atoms with Gasteiger partial charge in [0.1, 0.15) is 0 Å². The first-order valence-electron chi connectivity index (χ1n) is 9.06. The number of amides is 1. The third-order valence-corrected chi connectivity index (χ3v) is 5.50. The Morgan fingerprint density at radius 2 is 2.07 bits per heavy atom. The van der Waals surface area contributed by atoms with Crippen LogP contribution >= 0.6 is 23.4 Å². The number of benzene rings is 1. The highest BCUT2D eigenvalue weighted by atomic mass is 35.5. The average molecular weight is 416 g/mol. The lowest BCUT2D eigenvalue weighted by Gasteiger charge is -2.35. The molecular formula is C19H26ClNO5S. The molecule has 1 aliphatic heterocycles. The van der Waals surface area contributed by atoms with E-state index in [0.717, 1.165) is 12.2 Å². The van der Waals surface area contributed by atoms with Crippen LogP contribution in [0.4, 0.5) is 0 Å². The third-order valence-electron chi connectivity index (χ3n) is 4.13. The van der Waals surface area contributed by atoms with E-state index in [1.165, 1.54) is 7.11 Å². The van der Waals surface area contributed by atoms with Crippen molar-refractivity contribution in [2.24, 2.45) is 0 Å². The number of esters is 1. The molecule has 1 aromatic rings. The lowest BCUT2D eigenvalue weighted by molar-refractivity contribution is -0.141. The SMILES string of the molecule is CCCOc1c(Cl)cc(C(=O)N2CCSCC2CC(=O)OC)cc1OCC. The highest BCUT2D eigenvalue weighted by molar-refractivity contribution is 7.99. The number of ether oxygens (including phenoxy) is 3. The molecule has 0 N–H and O–H groups in total. The summed E-state index contributed by atoms with van der Waals surface area (Å²) in [5.74, 6) is 1.94. The molecule has 0 bridgehead atoms. The van der Waals surface area contributed by atoms with Crippen LogP contribution in [0.3, 0.4) is 0 Å². The van der Waals surface area contributed by atoms with E-state index in [1.807, 2.05) is 13.8 Å². The monoisotopic (exact) mass is 415 g/mol. The van der Waals surface area contributed by atoms with Crippen LogP contribution in [-0.4, -0.2) is 61.2 Å². The van der Waals surface area contributed by atoms with Gasteiger partial charge in [-0.05, 0) is 25.5 Å². The molecular weight excluding hydrogens is 390 g/mol. The molecule has 1 heterocycles. The average Bonchev–Trinajstić information content (AvgIpc) is 2.67. The Hall–Kier alpha value is -1.60. The fraction of sp³-hybridized carbons (Fsp3) is 0.579. The molecule has 1 atom stereocenters. The Morgan fingerprint density at radius 1 is 1.30 bits per heavy atom. The van der Waals surface area contributed by atoms with Crippen LogP contribution in [0, 0.1) is 0 Å². The molecule has 6 nitrogen and oxygen atoms in total.